The molecule has 0 amide bonds. The summed E-state index contributed by atoms with van der Waals surface area (Å²) >= 11 is 5.88. The number of nitrogens with two attached hydrogens (primary N) is 1. The number of aromatic nitrogens is 2. The maximum Gasteiger partial charge on any atom is 0.224 e. The lowest BCUT2D eigenvalue weighted by atomic mass is 10.00. The van der Waals surface area contributed by atoms with Crippen LogP contribution in [0.4, 0.5) is 11.5 Å². The standard InChI is InChI=1S/C13H22ClN4OP/c1-20(2,19)8-6-10-5-3-4-7-18(10)12-11(15)9-16-13(14)17-12/h9-10H,3-8,15H2,1-2H3. The van der Waals surface area contributed by atoms with E-state index >= 15 is 0 Å². The van der Waals surface area contributed by atoms with Crippen LogP contribution in [0.1, 0.15) is 25.7 Å². The van der Waals surface area contributed by atoms with Crippen molar-refractivity contribution in [2.75, 3.05) is 36.7 Å². The van der Waals surface area contributed by atoms with Crippen molar-refractivity contribution in [1.82, 2.24) is 9.97 Å². The van der Waals surface area contributed by atoms with Gasteiger partial charge < -0.3 is 15.2 Å². The molecule has 7 heteroatoms. The molecule has 1 aliphatic rings. The molecule has 2 rings (SSSR count). The van der Waals surface area contributed by atoms with Crippen molar-refractivity contribution in [2.45, 2.75) is 31.7 Å². The van der Waals surface area contributed by atoms with Gasteiger partial charge in [-0.1, -0.05) is 0 Å². The van der Waals surface area contributed by atoms with Crippen molar-refractivity contribution >= 4 is 30.2 Å². The van der Waals surface area contributed by atoms with Crippen molar-refractivity contribution < 1.29 is 4.57 Å². The van der Waals surface area contributed by atoms with Crippen LogP contribution >= 0.6 is 18.7 Å². The summed E-state index contributed by atoms with van der Waals surface area (Å²) in [5.41, 5.74) is 6.54. The van der Waals surface area contributed by atoms with E-state index in [1.165, 1.54) is 6.42 Å². The predicted octanol–water partition coefficient (Wildman–Crippen LogP) is 3.08. The topological polar surface area (TPSA) is 72.1 Å². The molecule has 2 N–H and O–H groups in total. The number of nitrogen functional groups attached to an aromatic ring is 1. The Hall–Kier alpha value is -0.800. The molecule has 2 heterocycles. The molecule has 20 heavy (non-hydrogen) atoms. The van der Waals surface area contributed by atoms with E-state index in [4.69, 9.17) is 17.3 Å². The zero-order valence-corrected chi connectivity index (χ0v) is 13.7. The Bertz CT molecular complexity index is 519. The lowest BCUT2D eigenvalue weighted by Gasteiger charge is -2.37. The summed E-state index contributed by atoms with van der Waals surface area (Å²) in [6, 6.07) is 0.338. The minimum Gasteiger partial charge on any atom is -0.394 e. The first-order valence-corrected chi connectivity index (χ1v) is 10.1. The fourth-order valence-corrected chi connectivity index (χ4v) is 3.68. The number of rotatable bonds is 4. The number of anilines is 2. The van der Waals surface area contributed by atoms with Crippen LogP contribution in [0.15, 0.2) is 6.20 Å². The second kappa shape index (κ2) is 6.31. The predicted molar refractivity (Wildman–Crippen MR) is 85.4 cm³/mol. The first kappa shape index (κ1) is 15.6. The van der Waals surface area contributed by atoms with Gasteiger partial charge in [-0.2, -0.15) is 4.98 Å². The molecule has 0 saturated carbocycles. The lowest BCUT2D eigenvalue weighted by Crippen LogP contribution is -2.41. The van der Waals surface area contributed by atoms with E-state index in [9.17, 15) is 4.57 Å². The van der Waals surface area contributed by atoms with Crippen LogP contribution < -0.4 is 10.6 Å². The van der Waals surface area contributed by atoms with Crippen molar-refractivity contribution in [2.24, 2.45) is 0 Å². The number of piperidine rings is 1. The largest absolute Gasteiger partial charge is 0.394 e. The third-order valence-electron chi connectivity index (χ3n) is 3.67. The second-order valence-corrected chi connectivity index (χ2v) is 9.78. The highest BCUT2D eigenvalue weighted by Gasteiger charge is 2.26. The number of hydrogen-bond donors (Lipinski definition) is 1. The fourth-order valence-electron chi connectivity index (χ4n) is 2.63. The minimum atomic E-state index is -1.99. The van der Waals surface area contributed by atoms with Crippen LogP contribution in [0.25, 0.3) is 0 Å². The molecule has 1 aromatic rings. The summed E-state index contributed by atoms with van der Waals surface area (Å²) in [5.74, 6) is 0.719. The molecule has 1 saturated heterocycles. The summed E-state index contributed by atoms with van der Waals surface area (Å²) in [6.07, 6.45) is 6.62. The van der Waals surface area contributed by atoms with E-state index in [1.54, 1.807) is 6.20 Å². The molecule has 0 spiro atoms. The van der Waals surface area contributed by atoms with Crippen LogP contribution in [-0.2, 0) is 4.57 Å². The molecule has 1 aliphatic heterocycles. The van der Waals surface area contributed by atoms with E-state index < -0.39 is 7.14 Å². The maximum atomic E-state index is 11.9. The molecule has 1 atom stereocenters. The number of hydrogen-bond acceptors (Lipinski definition) is 5. The zero-order valence-electron chi connectivity index (χ0n) is 12.0. The van der Waals surface area contributed by atoms with E-state index in [-0.39, 0.29) is 5.28 Å². The van der Waals surface area contributed by atoms with Gasteiger partial charge in [-0.25, -0.2) is 4.98 Å². The Labute approximate surface area is 125 Å². The van der Waals surface area contributed by atoms with Gasteiger partial charge in [0.15, 0.2) is 5.82 Å². The van der Waals surface area contributed by atoms with E-state index in [2.05, 4.69) is 14.9 Å². The minimum absolute atomic E-state index is 0.218. The normalized spacial score (nSPS) is 20.1. The molecule has 0 radical (unpaired) electrons. The quantitative estimate of drug-likeness (QED) is 0.682. The Morgan fingerprint density at radius 1 is 1.50 bits per heavy atom. The van der Waals surface area contributed by atoms with Crippen LogP contribution in [0, 0.1) is 0 Å². The summed E-state index contributed by atoms with van der Waals surface area (Å²) in [6.45, 7) is 4.60. The van der Waals surface area contributed by atoms with Crippen LogP contribution in [-0.4, -0.2) is 42.0 Å². The molecule has 112 valence electrons. The van der Waals surface area contributed by atoms with Gasteiger partial charge in [0.25, 0.3) is 0 Å². The molecule has 5 nitrogen and oxygen atoms in total. The van der Waals surface area contributed by atoms with Gasteiger partial charge in [0.2, 0.25) is 5.28 Å². The summed E-state index contributed by atoms with van der Waals surface area (Å²) in [7, 11) is -1.99. The summed E-state index contributed by atoms with van der Waals surface area (Å²) in [5, 5.41) is 0.218. The second-order valence-electron chi connectivity index (χ2n) is 5.85. The Morgan fingerprint density at radius 2 is 2.25 bits per heavy atom. The highest BCUT2D eigenvalue weighted by Crippen LogP contribution is 2.39. The van der Waals surface area contributed by atoms with Gasteiger partial charge in [0.05, 0.1) is 19.0 Å². The maximum absolute atomic E-state index is 11.9. The van der Waals surface area contributed by atoms with Crippen molar-refractivity contribution in [3.8, 4) is 0 Å². The molecular formula is C13H22ClN4OP. The molecule has 0 aliphatic carbocycles. The molecule has 1 aromatic heterocycles. The average molecular weight is 317 g/mol. The highest BCUT2D eigenvalue weighted by molar-refractivity contribution is 7.62. The van der Waals surface area contributed by atoms with E-state index in [1.807, 2.05) is 13.3 Å². The Kier molecular flexibility index (Phi) is 4.92. The van der Waals surface area contributed by atoms with Crippen molar-refractivity contribution in [3.05, 3.63) is 11.5 Å². The zero-order chi connectivity index (χ0) is 14.8. The Morgan fingerprint density at radius 3 is 2.95 bits per heavy atom. The van der Waals surface area contributed by atoms with Crippen molar-refractivity contribution in [1.29, 1.82) is 0 Å². The third-order valence-corrected chi connectivity index (χ3v) is 5.18. The Balaban J connectivity index is 2.18. The lowest BCUT2D eigenvalue weighted by molar-refractivity contribution is 0.446. The monoisotopic (exact) mass is 316 g/mol. The SMILES string of the molecule is CP(C)(=O)CCC1CCCCN1c1nc(Cl)ncc1N. The van der Waals surface area contributed by atoms with Crippen molar-refractivity contribution in [3.63, 3.8) is 0 Å². The molecule has 1 unspecified atom stereocenters. The van der Waals surface area contributed by atoms with Gasteiger partial charge in [-0.15, -0.1) is 0 Å². The van der Waals surface area contributed by atoms with Gasteiger partial charge in [-0.05, 0) is 50.6 Å². The molecular weight excluding hydrogens is 295 g/mol. The van der Waals surface area contributed by atoms with Gasteiger partial charge in [-0.3, -0.25) is 0 Å². The first-order chi connectivity index (χ1) is 9.37. The highest BCUT2D eigenvalue weighted by atomic mass is 35.5. The number of halogens is 1. The average Bonchev–Trinajstić information content (AvgIpc) is 2.39. The van der Waals surface area contributed by atoms with Gasteiger partial charge in [0, 0.05) is 18.7 Å². The van der Waals surface area contributed by atoms with Crippen LogP contribution in [0.2, 0.25) is 5.28 Å². The van der Waals surface area contributed by atoms with E-state index in [0.29, 0.717) is 11.7 Å². The van der Waals surface area contributed by atoms with Crippen LogP contribution in [0.3, 0.4) is 0 Å². The van der Waals surface area contributed by atoms with E-state index in [0.717, 1.165) is 37.8 Å². The first-order valence-electron chi connectivity index (χ1n) is 6.95. The van der Waals surface area contributed by atoms with Gasteiger partial charge >= 0.3 is 0 Å². The van der Waals surface area contributed by atoms with Gasteiger partial charge in [0.1, 0.15) is 0 Å². The molecule has 0 bridgehead atoms. The smallest absolute Gasteiger partial charge is 0.224 e. The fraction of sp³-hybridized carbons (Fsp3) is 0.692. The molecule has 1 fully saturated rings. The number of nitrogens with zero attached hydrogens (tertiary/aromatic N) is 3. The van der Waals surface area contributed by atoms with Crippen LogP contribution in [0.5, 0.6) is 0 Å². The summed E-state index contributed by atoms with van der Waals surface area (Å²) < 4.78 is 11.9. The third kappa shape index (κ3) is 4.10. The molecule has 0 aromatic carbocycles. The summed E-state index contributed by atoms with van der Waals surface area (Å²) in [4.78, 5) is 10.4.